The molecule has 0 aliphatic carbocycles. The van der Waals surface area contributed by atoms with Crippen LogP contribution in [0.3, 0.4) is 0 Å². The van der Waals surface area contributed by atoms with Gasteiger partial charge in [0.1, 0.15) is 6.61 Å². The number of phosphoric acid groups is 1. The van der Waals surface area contributed by atoms with Gasteiger partial charge in [0.25, 0.3) is 0 Å². The highest BCUT2D eigenvalue weighted by atomic mass is 31.2. The van der Waals surface area contributed by atoms with Crippen LogP contribution < -0.4 is 0 Å². The first kappa shape index (κ1) is 51.5. The minimum absolute atomic E-state index is 0.106. The molecular formula is C46H71O8P. The average molecular weight is 783 g/mol. The van der Waals surface area contributed by atoms with Gasteiger partial charge in [-0.05, 0) is 89.9 Å². The Morgan fingerprint density at radius 2 is 0.909 bits per heavy atom. The molecule has 0 spiro atoms. The lowest BCUT2D eigenvalue weighted by molar-refractivity contribution is -0.161. The fraction of sp³-hybridized carbons (Fsp3) is 0.522. The van der Waals surface area contributed by atoms with Crippen molar-refractivity contribution < 1.29 is 37.6 Å². The SMILES string of the molecule is CC/C=C\C/C=C\C/C=C\C/C=C\C/C=C\C/C=C\CCC(=O)OC(COC(=O)CCCCCC/C=C\C/C=C\C/C=C\C/C=C\CC)COP(=O)(O)OC. The number of esters is 2. The van der Waals surface area contributed by atoms with Crippen LogP contribution in [0.15, 0.2) is 122 Å². The number of carbonyl (C=O) groups excluding carboxylic acids is 2. The smallest absolute Gasteiger partial charge is 0.462 e. The van der Waals surface area contributed by atoms with Crippen LogP contribution in [-0.4, -0.2) is 43.3 Å². The predicted molar refractivity (Wildman–Crippen MR) is 229 cm³/mol. The Bertz CT molecular complexity index is 1300. The zero-order valence-electron chi connectivity index (χ0n) is 34.0. The second kappa shape index (κ2) is 40.1. The van der Waals surface area contributed by atoms with Crippen LogP contribution in [0.4, 0.5) is 0 Å². The van der Waals surface area contributed by atoms with Crippen LogP contribution in [0.1, 0.15) is 129 Å². The van der Waals surface area contributed by atoms with Crippen LogP contribution >= 0.6 is 7.82 Å². The van der Waals surface area contributed by atoms with Crippen LogP contribution in [-0.2, 0) is 32.7 Å². The molecule has 0 aromatic rings. The van der Waals surface area contributed by atoms with Gasteiger partial charge in [0.15, 0.2) is 6.10 Å². The molecule has 2 unspecified atom stereocenters. The van der Waals surface area contributed by atoms with Gasteiger partial charge in [0.05, 0.1) is 6.61 Å². The van der Waals surface area contributed by atoms with Crippen molar-refractivity contribution in [3.05, 3.63) is 122 Å². The van der Waals surface area contributed by atoms with Gasteiger partial charge in [-0.3, -0.25) is 18.6 Å². The monoisotopic (exact) mass is 782 g/mol. The zero-order chi connectivity index (χ0) is 40.3. The molecule has 9 heteroatoms. The molecule has 0 saturated heterocycles. The molecule has 0 bridgehead atoms. The molecule has 55 heavy (non-hydrogen) atoms. The summed E-state index contributed by atoms with van der Waals surface area (Å²) < 4.78 is 31.8. The van der Waals surface area contributed by atoms with E-state index in [1.54, 1.807) is 0 Å². The molecule has 2 atom stereocenters. The van der Waals surface area contributed by atoms with E-state index in [-0.39, 0.29) is 19.4 Å². The van der Waals surface area contributed by atoms with E-state index in [0.29, 0.717) is 12.8 Å². The number of phosphoric ester groups is 1. The molecule has 0 heterocycles. The van der Waals surface area contributed by atoms with Crippen LogP contribution in [0.2, 0.25) is 0 Å². The maximum atomic E-state index is 12.5. The minimum Gasteiger partial charge on any atom is -0.462 e. The maximum absolute atomic E-state index is 12.5. The van der Waals surface area contributed by atoms with E-state index in [0.717, 1.165) is 97.0 Å². The van der Waals surface area contributed by atoms with E-state index in [4.69, 9.17) is 14.0 Å². The fourth-order valence-corrected chi connectivity index (χ4v) is 5.13. The quantitative estimate of drug-likeness (QED) is 0.0293. The summed E-state index contributed by atoms with van der Waals surface area (Å²) in [4.78, 5) is 34.4. The summed E-state index contributed by atoms with van der Waals surface area (Å²) in [6, 6.07) is 0. The number of ether oxygens (including phenoxy) is 2. The minimum atomic E-state index is -4.30. The number of unbranched alkanes of at least 4 members (excludes halogenated alkanes) is 4. The second-order valence-corrected chi connectivity index (χ2v) is 14.2. The lowest BCUT2D eigenvalue weighted by atomic mass is 10.1. The fourth-order valence-electron chi connectivity index (χ4n) is 4.67. The normalized spacial score (nSPS) is 14.6. The van der Waals surface area contributed by atoms with Crippen molar-refractivity contribution in [2.24, 2.45) is 0 Å². The molecule has 0 aliphatic rings. The van der Waals surface area contributed by atoms with Crippen molar-refractivity contribution in [2.75, 3.05) is 20.3 Å². The molecule has 0 aromatic heterocycles. The van der Waals surface area contributed by atoms with Crippen molar-refractivity contribution in [1.29, 1.82) is 0 Å². The summed E-state index contributed by atoms with van der Waals surface area (Å²) in [7, 11) is -3.26. The summed E-state index contributed by atoms with van der Waals surface area (Å²) >= 11 is 0. The molecular weight excluding hydrogens is 711 g/mol. The van der Waals surface area contributed by atoms with Crippen LogP contribution in [0, 0.1) is 0 Å². The number of hydrogen-bond donors (Lipinski definition) is 1. The molecule has 0 fully saturated rings. The Labute approximate surface area is 333 Å². The molecule has 0 amide bonds. The average Bonchev–Trinajstić information content (AvgIpc) is 3.18. The topological polar surface area (TPSA) is 108 Å². The molecule has 0 aliphatic heterocycles. The van der Waals surface area contributed by atoms with Gasteiger partial charge < -0.3 is 14.4 Å². The molecule has 308 valence electrons. The van der Waals surface area contributed by atoms with Crippen LogP contribution in [0.25, 0.3) is 0 Å². The van der Waals surface area contributed by atoms with Gasteiger partial charge in [-0.25, -0.2) is 4.57 Å². The molecule has 0 rings (SSSR count). The first-order chi connectivity index (χ1) is 26.8. The molecule has 0 radical (unpaired) electrons. The second-order valence-electron chi connectivity index (χ2n) is 12.6. The summed E-state index contributed by atoms with van der Waals surface area (Å²) in [5.74, 6) is -0.945. The van der Waals surface area contributed by atoms with Crippen molar-refractivity contribution in [3.63, 3.8) is 0 Å². The Kier molecular flexibility index (Phi) is 37.5. The Hall–Kier alpha value is -3.55. The van der Waals surface area contributed by atoms with Gasteiger partial charge in [0.2, 0.25) is 0 Å². The van der Waals surface area contributed by atoms with Crippen molar-refractivity contribution in [2.45, 2.75) is 136 Å². The predicted octanol–water partition coefficient (Wildman–Crippen LogP) is 12.8. The van der Waals surface area contributed by atoms with Gasteiger partial charge in [0, 0.05) is 20.0 Å². The van der Waals surface area contributed by atoms with E-state index in [1.807, 2.05) is 12.2 Å². The van der Waals surface area contributed by atoms with Crippen molar-refractivity contribution in [3.8, 4) is 0 Å². The molecule has 0 aromatic carbocycles. The van der Waals surface area contributed by atoms with Gasteiger partial charge in [-0.1, -0.05) is 148 Å². The van der Waals surface area contributed by atoms with E-state index in [2.05, 4.69) is 128 Å². The Balaban J connectivity index is 4.24. The maximum Gasteiger partial charge on any atom is 0.472 e. The lowest BCUT2D eigenvalue weighted by Crippen LogP contribution is -2.29. The largest absolute Gasteiger partial charge is 0.472 e. The number of allylic oxidation sites excluding steroid dienone is 20. The summed E-state index contributed by atoms with van der Waals surface area (Å²) in [5, 5.41) is 0. The third kappa shape index (κ3) is 39.9. The number of hydrogen-bond acceptors (Lipinski definition) is 7. The Morgan fingerprint density at radius 3 is 1.35 bits per heavy atom. The van der Waals surface area contributed by atoms with E-state index in [9.17, 15) is 19.0 Å². The zero-order valence-corrected chi connectivity index (χ0v) is 34.9. The van der Waals surface area contributed by atoms with E-state index < -0.39 is 32.5 Å². The first-order valence-corrected chi connectivity index (χ1v) is 21.7. The highest BCUT2D eigenvalue weighted by Crippen LogP contribution is 2.42. The van der Waals surface area contributed by atoms with Crippen molar-refractivity contribution in [1.82, 2.24) is 0 Å². The number of rotatable bonds is 35. The van der Waals surface area contributed by atoms with E-state index >= 15 is 0 Å². The molecule has 1 N–H and O–H groups in total. The highest BCUT2D eigenvalue weighted by Gasteiger charge is 2.24. The third-order valence-corrected chi connectivity index (χ3v) is 8.65. The molecule has 0 saturated carbocycles. The highest BCUT2D eigenvalue weighted by molar-refractivity contribution is 7.47. The summed E-state index contributed by atoms with van der Waals surface area (Å²) in [6.07, 6.45) is 56.9. The molecule has 8 nitrogen and oxygen atoms in total. The lowest BCUT2D eigenvalue weighted by Gasteiger charge is -2.19. The van der Waals surface area contributed by atoms with Gasteiger partial charge >= 0.3 is 19.8 Å². The third-order valence-electron chi connectivity index (χ3n) is 7.71. The summed E-state index contributed by atoms with van der Waals surface area (Å²) in [5.41, 5.74) is 0. The number of carbonyl (C=O) groups is 2. The van der Waals surface area contributed by atoms with Crippen molar-refractivity contribution >= 4 is 19.8 Å². The Morgan fingerprint density at radius 1 is 0.509 bits per heavy atom. The van der Waals surface area contributed by atoms with Gasteiger partial charge in [-0.2, -0.15) is 0 Å². The summed E-state index contributed by atoms with van der Waals surface area (Å²) in [6.45, 7) is 3.55. The van der Waals surface area contributed by atoms with Gasteiger partial charge in [-0.15, -0.1) is 0 Å². The van der Waals surface area contributed by atoms with Crippen LogP contribution in [0.5, 0.6) is 0 Å². The standard InChI is InChI=1S/C46H71O8P/c1-4-6-8-10-12-14-16-18-20-22-23-25-27-29-31-33-35-37-39-41-46(48)54-44(43-53-55(49,50)51-3)42-52-45(47)40-38-36-34-32-30-28-26-24-21-19-17-15-13-11-9-7-5-2/h6-9,12-15,18-21,23,25-26,28-29,31,35,37,44H,4-5,10-11,16-17,22,24,27,30,32-34,36,38-43H2,1-3H3,(H,49,50)/b8-6-,9-7-,14-12-,15-13-,20-18-,21-19-,25-23-,28-26-,31-29-,37-35-. The van der Waals surface area contributed by atoms with E-state index in [1.165, 1.54) is 0 Å². The first-order valence-electron chi connectivity index (χ1n) is 20.2.